The Balaban J connectivity index is 2.67. The van der Waals surface area contributed by atoms with Gasteiger partial charge in [-0.15, -0.1) is 0 Å². The molecule has 1 aromatic carbocycles. The number of rotatable bonds is 8. The largest absolute Gasteiger partial charge is 0.469 e. The number of hydrogen-bond donors (Lipinski definition) is 1. The Labute approximate surface area is 128 Å². The lowest BCUT2D eigenvalue weighted by Gasteiger charge is -2.20. The van der Waals surface area contributed by atoms with Crippen molar-refractivity contribution in [1.82, 2.24) is 5.32 Å². The molecule has 0 spiro atoms. The van der Waals surface area contributed by atoms with Gasteiger partial charge in [0.05, 0.1) is 13.5 Å². The lowest BCUT2D eigenvalue weighted by Crippen LogP contribution is -2.36. The number of esters is 1. The highest BCUT2D eigenvalue weighted by molar-refractivity contribution is 5.70. The number of nitrogens with zero attached hydrogens (tertiary/aromatic N) is 1. The third-order valence-electron chi connectivity index (χ3n) is 3.39. The zero-order chi connectivity index (χ0) is 15.8. The van der Waals surface area contributed by atoms with Crippen LogP contribution in [0.2, 0.25) is 0 Å². The molecule has 0 saturated heterocycles. The first-order valence-corrected chi connectivity index (χ1v) is 7.48. The molecule has 4 heteroatoms. The second-order valence-corrected chi connectivity index (χ2v) is 6.04. The van der Waals surface area contributed by atoms with Crippen LogP contribution in [0.3, 0.4) is 0 Å². The van der Waals surface area contributed by atoms with E-state index in [-0.39, 0.29) is 12.0 Å². The smallest absolute Gasteiger partial charge is 0.307 e. The highest BCUT2D eigenvalue weighted by atomic mass is 16.5. The Morgan fingerprint density at radius 2 is 1.86 bits per heavy atom. The molecule has 0 saturated carbocycles. The van der Waals surface area contributed by atoms with Crippen molar-refractivity contribution in [3.05, 3.63) is 29.8 Å². The second-order valence-electron chi connectivity index (χ2n) is 6.04. The topological polar surface area (TPSA) is 41.6 Å². The van der Waals surface area contributed by atoms with E-state index in [0.29, 0.717) is 12.3 Å². The summed E-state index contributed by atoms with van der Waals surface area (Å²) >= 11 is 0. The van der Waals surface area contributed by atoms with Gasteiger partial charge in [-0.2, -0.15) is 0 Å². The standard InChI is InChI=1S/C17H28N2O2/c1-13(2)12-18-15(11-17(20)21-5)10-14-6-8-16(9-7-14)19(3)4/h6-9,13,15,18H,10-12H2,1-5H3. The van der Waals surface area contributed by atoms with E-state index in [4.69, 9.17) is 4.74 Å². The van der Waals surface area contributed by atoms with Gasteiger partial charge in [-0.05, 0) is 36.6 Å². The van der Waals surface area contributed by atoms with Crippen LogP contribution in [-0.2, 0) is 16.0 Å². The summed E-state index contributed by atoms with van der Waals surface area (Å²) in [5.74, 6) is 0.391. The zero-order valence-electron chi connectivity index (χ0n) is 13.8. The van der Waals surface area contributed by atoms with Crippen LogP contribution >= 0.6 is 0 Å². The normalized spacial score (nSPS) is 12.3. The molecule has 0 radical (unpaired) electrons. The highest BCUT2D eigenvalue weighted by Crippen LogP contribution is 2.14. The predicted octanol–water partition coefficient (Wildman–Crippen LogP) is 2.47. The fourth-order valence-electron chi connectivity index (χ4n) is 2.12. The van der Waals surface area contributed by atoms with E-state index >= 15 is 0 Å². The average molecular weight is 292 g/mol. The second kappa shape index (κ2) is 8.67. The quantitative estimate of drug-likeness (QED) is 0.747. The molecule has 21 heavy (non-hydrogen) atoms. The number of carbonyl (C=O) groups excluding carboxylic acids is 1. The van der Waals surface area contributed by atoms with Crippen molar-refractivity contribution in [3.63, 3.8) is 0 Å². The minimum absolute atomic E-state index is 0.116. The van der Waals surface area contributed by atoms with Gasteiger partial charge in [-0.3, -0.25) is 4.79 Å². The first-order chi connectivity index (χ1) is 9.92. The van der Waals surface area contributed by atoms with E-state index < -0.39 is 0 Å². The molecule has 0 fully saturated rings. The Bertz CT molecular complexity index is 427. The maximum absolute atomic E-state index is 11.5. The number of benzene rings is 1. The lowest BCUT2D eigenvalue weighted by molar-refractivity contribution is -0.141. The van der Waals surface area contributed by atoms with Crippen molar-refractivity contribution < 1.29 is 9.53 Å². The first-order valence-electron chi connectivity index (χ1n) is 7.48. The van der Waals surface area contributed by atoms with Crippen LogP contribution in [-0.4, -0.2) is 39.8 Å². The molecule has 0 bridgehead atoms. The molecule has 0 amide bonds. The van der Waals surface area contributed by atoms with Crippen LogP contribution in [0, 0.1) is 5.92 Å². The maximum Gasteiger partial charge on any atom is 0.307 e. The number of ether oxygens (including phenoxy) is 1. The zero-order valence-corrected chi connectivity index (χ0v) is 13.8. The summed E-state index contributed by atoms with van der Waals surface area (Å²) in [5.41, 5.74) is 2.41. The van der Waals surface area contributed by atoms with Crippen LogP contribution in [0.5, 0.6) is 0 Å². The van der Waals surface area contributed by atoms with E-state index in [1.807, 2.05) is 14.1 Å². The van der Waals surface area contributed by atoms with Crippen molar-refractivity contribution in [2.75, 3.05) is 32.6 Å². The minimum Gasteiger partial charge on any atom is -0.469 e. The van der Waals surface area contributed by atoms with E-state index in [1.54, 1.807) is 0 Å². The summed E-state index contributed by atoms with van der Waals surface area (Å²) in [6.07, 6.45) is 1.23. The van der Waals surface area contributed by atoms with Gasteiger partial charge in [0.2, 0.25) is 0 Å². The Kier molecular flexibility index (Phi) is 7.23. The SMILES string of the molecule is COC(=O)CC(Cc1ccc(N(C)C)cc1)NCC(C)C. The predicted molar refractivity (Wildman–Crippen MR) is 87.7 cm³/mol. The van der Waals surface area contributed by atoms with Crippen molar-refractivity contribution in [2.45, 2.75) is 32.7 Å². The molecule has 0 aliphatic carbocycles. The van der Waals surface area contributed by atoms with Gasteiger partial charge >= 0.3 is 5.97 Å². The highest BCUT2D eigenvalue weighted by Gasteiger charge is 2.15. The number of carbonyl (C=O) groups is 1. The number of nitrogens with one attached hydrogen (secondary N) is 1. The summed E-state index contributed by atoms with van der Waals surface area (Å²) in [7, 11) is 5.49. The number of anilines is 1. The van der Waals surface area contributed by atoms with Gasteiger partial charge in [-0.25, -0.2) is 0 Å². The van der Waals surface area contributed by atoms with Gasteiger partial charge in [0.15, 0.2) is 0 Å². The summed E-state index contributed by atoms with van der Waals surface area (Å²) in [4.78, 5) is 13.6. The van der Waals surface area contributed by atoms with Crippen molar-refractivity contribution in [1.29, 1.82) is 0 Å². The monoisotopic (exact) mass is 292 g/mol. The maximum atomic E-state index is 11.5. The van der Waals surface area contributed by atoms with Gasteiger partial charge in [-0.1, -0.05) is 26.0 Å². The first kappa shape index (κ1) is 17.5. The van der Waals surface area contributed by atoms with Crippen LogP contribution in [0.1, 0.15) is 25.8 Å². The van der Waals surface area contributed by atoms with Gasteiger partial charge in [0.25, 0.3) is 0 Å². The van der Waals surface area contributed by atoms with Crippen LogP contribution in [0.4, 0.5) is 5.69 Å². The fourth-order valence-corrected chi connectivity index (χ4v) is 2.12. The lowest BCUT2D eigenvalue weighted by atomic mass is 10.0. The molecular weight excluding hydrogens is 264 g/mol. The van der Waals surface area contributed by atoms with Crippen LogP contribution < -0.4 is 10.2 Å². The van der Waals surface area contributed by atoms with Crippen molar-refractivity contribution in [2.24, 2.45) is 5.92 Å². The van der Waals surface area contributed by atoms with Crippen molar-refractivity contribution >= 4 is 11.7 Å². The van der Waals surface area contributed by atoms with E-state index in [0.717, 1.165) is 13.0 Å². The molecule has 1 N–H and O–H groups in total. The molecule has 4 nitrogen and oxygen atoms in total. The molecule has 0 aromatic heterocycles. The molecule has 1 unspecified atom stereocenters. The molecule has 0 aliphatic rings. The summed E-state index contributed by atoms with van der Waals surface area (Å²) in [6, 6.07) is 8.57. The molecule has 0 aliphatic heterocycles. The van der Waals surface area contributed by atoms with Gasteiger partial charge in [0, 0.05) is 25.8 Å². The summed E-state index contributed by atoms with van der Waals surface area (Å²) < 4.78 is 4.79. The molecule has 0 heterocycles. The van der Waals surface area contributed by atoms with Gasteiger partial charge in [0.1, 0.15) is 0 Å². The minimum atomic E-state index is -0.166. The third kappa shape index (κ3) is 6.63. The number of hydrogen-bond acceptors (Lipinski definition) is 4. The Morgan fingerprint density at radius 1 is 1.24 bits per heavy atom. The molecule has 118 valence electrons. The van der Waals surface area contributed by atoms with E-state index in [2.05, 4.69) is 48.3 Å². The third-order valence-corrected chi connectivity index (χ3v) is 3.39. The molecule has 1 atom stereocenters. The fraction of sp³-hybridized carbons (Fsp3) is 0.588. The molecule has 1 aromatic rings. The molecular formula is C17H28N2O2. The van der Waals surface area contributed by atoms with Crippen LogP contribution in [0.25, 0.3) is 0 Å². The number of methoxy groups -OCH3 is 1. The Hall–Kier alpha value is -1.55. The van der Waals surface area contributed by atoms with E-state index in [1.165, 1.54) is 18.4 Å². The average Bonchev–Trinajstić information content (AvgIpc) is 2.45. The summed E-state index contributed by atoms with van der Waals surface area (Å²) in [6.45, 7) is 5.22. The Morgan fingerprint density at radius 3 is 2.33 bits per heavy atom. The van der Waals surface area contributed by atoms with Gasteiger partial charge < -0.3 is 15.0 Å². The van der Waals surface area contributed by atoms with Crippen LogP contribution in [0.15, 0.2) is 24.3 Å². The van der Waals surface area contributed by atoms with Crippen molar-refractivity contribution in [3.8, 4) is 0 Å². The summed E-state index contributed by atoms with van der Waals surface area (Å²) in [5, 5.41) is 3.46. The van der Waals surface area contributed by atoms with E-state index in [9.17, 15) is 4.79 Å². The molecule has 1 rings (SSSR count).